The number of carbonyl (C=O) groups excluding carboxylic acids is 1. The van der Waals surface area contributed by atoms with Gasteiger partial charge in [-0.2, -0.15) is 0 Å². The van der Waals surface area contributed by atoms with Gasteiger partial charge in [0.2, 0.25) is 0 Å². The number of ether oxygens (including phenoxy) is 2. The molecule has 0 bridgehead atoms. The van der Waals surface area contributed by atoms with Crippen molar-refractivity contribution in [3.05, 3.63) is 98.6 Å². The van der Waals surface area contributed by atoms with E-state index in [0.717, 1.165) is 11.1 Å². The minimum atomic E-state index is -0.627. The molecule has 0 N–H and O–H groups in total. The zero-order valence-electron chi connectivity index (χ0n) is 14.5. The van der Waals surface area contributed by atoms with E-state index in [1.165, 1.54) is 18.2 Å². The van der Waals surface area contributed by atoms with Crippen LogP contribution in [-0.2, 0) is 16.1 Å². The highest BCUT2D eigenvalue weighted by molar-refractivity contribution is 6.31. The van der Waals surface area contributed by atoms with Crippen molar-refractivity contribution in [3.8, 4) is 11.5 Å². The van der Waals surface area contributed by atoms with Gasteiger partial charge in [0.1, 0.15) is 24.0 Å². The molecule has 3 aromatic rings. The Kier molecular flexibility index (Phi) is 4.71. The van der Waals surface area contributed by atoms with Crippen molar-refractivity contribution in [2.24, 2.45) is 0 Å². The van der Waals surface area contributed by atoms with Crippen molar-refractivity contribution < 1.29 is 19.2 Å². The number of hydrogen-bond acceptors (Lipinski definition) is 5. The molecule has 0 aromatic heterocycles. The van der Waals surface area contributed by atoms with Gasteiger partial charge in [0.25, 0.3) is 5.69 Å². The summed E-state index contributed by atoms with van der Waals surface area (Å²) in [6.45, 7) is -0.0860. The average molecular weight is 396 g/mol. The number of nitrogens with zero attached hydrogens (tertiary/aromatic N) is 1. The number of nitro benzene ring substituents is 1. The number of hydrogen-bond donors (Lipinski definition) is 0. The Morgan fingerprint density at radius 3 is 2.21 bits per heavy atom. The molecule has 0 saturated heterocycles. The highest BCUT2D eigenvalue weighted by atomic mass is 35.5. The third-order valence-electron chi connectivity index (χ3n) is 4.53. The van der Waals surface area contributed by atoms with Crippen molar-refractivity contribution in [1.82, 2.24) is 0 Å². The maximum Gasteiger partial charge on any atom is 0.318 e. The molecule has 0 spiro atoms. The molecule has 140 valence electrons. The lowest BCUT2D eigenvalue weighted by atomic mass is 9.88. The van der Waals surface area contributed by atoms with Gasteiger partial charge in [0.05, 0.1) is 9.95 Å². The maximum atomic E-state index is 13.0. The molecule has 1 aliphatic rings. The number of non-ortho nitro benzene ring substituents is 1. The Morgan fingerprint density at radius 1 is 1.04 bits per heavy atom. The summed E-state index contributed by atoms with van der Waals surface area (Å²) in [6, 6.07) is 18.7. The summed E-state index contributed by atoms with van der Waals surface area (Å²) >= 11 is 6.09. The zero-order chi connectivity index (χ0) is 19.7. The summed E-state index contributed by atoms with van der Waals surface area (Å²) in [5.41, 5.74) is 1.82. The minimum Gasteiger partial charge on any atom is -0.460 e. The molecule has 0 unspecified atom stereocenters. The summed E-state index contributed by atoms with van der Waals surface area (Å²) < 4.78 is 11.4. The molecular formula is C21H14ClNO5. The van der Waals surface area contributed by atoms with Crippen molar-refractivity contribution in [3.63, 3.8) is 0 Å². The van der Waals surface area contributed by atoms with Crippen LogP contribution >= 0.6 is 11.6 Å². The van der Waals surface area contributed by atoms with Gasteiger partial charge in [-0.15, -0.1) is 0 Å². The van der Waals surface area contributed by atoms with E-state index in [9.17, 15) is 14.9 Å². The first-order chi connectivity index (χ1) is 13.5. The average Bonchev–Trinajstić information content (AvgIpc) is 2.70. The highest BCUT2D eigenvalue weighted by Crippen LogP contribution is 2.44. The molecule has 1 heterocycles. The van der Waals surface area contributed by atoms with E-state index < -0.39 is 16.8 Å². The van der Waals surface area contributed by atoms with Gasteiger partial charge >= 0.3 is 5.97 Å². The molecular weight excluding hydrogens is 382 g/mol. The predicted octanol–water partition coefficient (Wildman–Crippen LogP) is 5.23. The van der Waals surface area contributed by atoms with E-state index in [4.69, 9.17) is 21.1 Å². The van der Waals surface area contributed by atoms with Crippen LogP contribution < -0.4 is 4.74 Å². The normalized spacial score (nSPS) is 12.5. The standard InChI is InChI=1S/C21H14ClNO5/c22-17-11-14(23(25)26)10-9-13(17)12-27-21(24)20-15-5-1-3-7-18(15)28-19-8-4-2-6-16(19)20/h1-11,20H,12H2. The number of halogens is 1. The minimum absolute atomic E-state index is 0.0860. The van der Waals surface area contributed by atoms with Crippen LogP contribution in [0.2, 0.25) is 5.02 Å². The number of benzene rings is 3. The van der Waals surface area contributed by atoms with Crippen molar-refractivity contribution in [2.75, 3.05) is 0 Å². The third-order valence-corrected chi connectivity index (χ3v) is 4.88. The van der Waals surface area contributed by atoms with Crippen LogP contribution in [0.25, 0.3) is 0 Å². The monoisotopic (exact) mass is 395 g/mol. The van der Waals surface area contributed by atoms with E-state index in [2.05, 4.69) is 0 Å². The summed E-state index contributed by atoms with van der Waals surface area (Å²) in [7, 11) is 0. The first-order valence-electron chi connectivity index (χ1n) is 8.50. The maximum absolute atomic E-state index is 13.0. The molecule has 1 aliphatic heterocycles. The van der Waals surface area contributed by atoms with Gasteiger partial charge < -0.3 is 9.47 Å². The van der Waals surface area contributed by atoms with E-state index in [-0.39, 0.29) is 17.3 Å². The second-order valence-corrected chi connectivity index (χ2v) is 6.66. The van der Waals surface area contributed by atoms with Crippen LogP contribution in [0.15, 0.2) is 66.7 Å². The number of para-hydroxylation sites is 2. The molecule has 0 atom stereocenters. The van der Waals surface area contributed by atoms with E-state index in [1.807, 2.05) is 36.4 Å². The van der Waals surface area contributed by atoms with Crippen molar-refractivity contribution in [1.29, 1.82) is 0 Å². The Labute approximate surface area is 165 Å². The van der Waals surface area contributed by atoms with Gasteiger partial charge in [0.15, 0.2) is 0 Å². The lowest BCUT2D eigenvalue weighted by Crippen LogP contribution is -2.21. The molecule has 6 nitrogen and oxygen atoms in total. The number of carbonyl (C=O) groups is 1. The largest absolute Gasteiger partial charge is 0.460 e. The highest BCUT2D eigenvalue weighted by Gasteiger charge is 2.33. The van der Waals surface area contributed by atoms with Crippen molar-refractivity contribution in [2.45, 2.75) is 12.5 Å². The van der Waals surface area contributed by atoms with E-state index in [0.29, 0.717) is 17.1 Å². The van der Waals surface area contributed by atoms with Crippen LogP contribution in [0.4, 0.5) is 5.69 Å². The fourth-order valence-electron chi connectivity index (χ4n) is 3.16. The van der Waals surface area contributed by atoms with Gasteiger partial charge in [-0.25, -0.2) is 0 Å². The van der Waals surface area contributed by atoms with Gasteiger partial charge in [0, 0.05) is 28.8 Å². The van der Waals surface area contributed by atoms with Gasteiger partial charge in [-0.05, 0) is 18.2 Å². The van der Waals surface area contributed by atoms with Crippen LogP contribution in [-0.4, -0.2) is 10.9 Å². The van der Waals surface area contributed by atoms with Gasteiger partial charge in [-0.1, -0.05) is 48.0 Å². The summed E-state index contributed by atoms with van der Waals surface area (Å²) in [6.07, 6.45) is 0. The number of fused-ring (bicyclic) bond motifs is 2. The Hall–Kier alpha value is -3.38. The molecule has 0 amide bonds. The second kappa shape index (κ2) is 7.32. The molecule has 0 fully saturated rings. The van der Waals surface area contributed by atoms with Gasteiger partial charge in [-0.3, -0.25) is 14.9 Å². The fourth-order valence-corrected chi connectivity index (χ4v) is 3.39. The summed E-state index contributed by atoms with van der Waals surface area (Å²) in [5.74, 6) is 0.142. The smallest absolute Gasteiger partial charge is 0.318 e. The molecule has 0 saturated carbocycles. The predicted molar refractivity (Wildman–Crippen MR) is 103 cm³/mol. The lowest BCUT2D eigenvalue weighted by molar-refractivity contribution is -0.384. The lowest BCUT2D eigenvalue weighted by Gasteiger charge is -2.26. The third kappa shape index (κ3) is 3.30. The summed E-state index contributed by atoms with van der Waals surface area (Å²) in [4.78, 5) is 23.2. The Bertz CT molecular complexity index is 1040. The second-order valence-electron chi connectivity index (χ2n) is 6.25. The molecule has 0 aliphatic carbocycles. The Balaban J connectivity index is 1.60. The van der Waals surface area contributed by atoms with E-state index in [1.54, 1.807) is 12.1 Å². The fraction of sp³-hybridized carbons (Fsp3) is 0.0952. The zero-order valence-corrected chi connectivity index (χ0v) is 15.3. The SMILES string of the molecule is O=C(OCc1ccc([N+](=O)[O-])cc1Cl)C1c2ccccc2Oc2ccccc21. The topological polar surface area (TPSA) is 78.7 Å². The quantitative estimate of drug-likeness (QED) is 0.343. The van der Waals surface area contributed by atoms with E-state index >= 15 is 0 Å². The molecule has 7 heteroatoms. The van der Waals surface area contributed by atoms with Crippen LogP contribution in [0.1, 0.15) is 22.6 Å². The van der Waals surface area contributed by atoms with Crippen LogP contribution in [0.3, 0.4) is 0 Å². The van der Waals surface area contributed by atoms with Crippen molar-refractivity contribution >= 4 is 23.3 Å². The van der Waals surface area contributed by atoms with Crippen LogP contribution in [0.5, 0.6) is 11.5 Å². The summed E-state index contributed by atoms with van der Waals surface area (Å²) in [5, 5.41) is 11.0. The first kappa shape index (κ1) is 18.0. The van der Waals surface area contributed by atoms with Crippen LogP contribution in [0, 0.1) is 10.1 Å². The first-order valence-corrected chi connectivity index (χ1v) is 8.87. The molecule has 28 heavy (non-hydrogen) atoms. The molecule has 0 radical (unpaired) electrons. The molecule has 4 rings (SSSR count). The molecule has 3 aromatic carbocycles. The Morgan fingerprint density at radius 2 is 1.64 bits per heavy atom. The number of esters is 1. The number of nitro groups is 1. The number of rotatable bonds is 4.